The number of nitrogens with one attached hydrogen (secondary N) is 1. The molecular weight excluding hydrogens is 262 g/mol. The third-order valence-electron chi connectivity index (χ3n) is 3.40. The Bertz CT molecular complexity index is 532. The molecule has 7 heteroatoms. The van der Waals surface area contributed by atoms with Crippen LogP contribution in [0.1, 0.15) is 23.2 Å². The summed E-state index contributed by atoms with van der Waals surface area (Å²) < 4.78 is 0. The van der Waals surface area contributed by atoms with Crippen LogP contribution in [0.4, 0.5) is 11.4 Å². The maximum Gasteiger partial charge on any atom is 0.293 e. The van der Waals surface area contributed by atoms with Crippen molar-refractivity contribution >= 4 is 17.3 Å². The highest BCUT2D eigenvalue weighted by Crippen LogP contribution is 2.31. The van der Waals surface area contributed by atoms with E-state index in [-0.39, 0.29) is 17.2 Å². The van der Waals surface area contributed by atoms with Gasteiger partial charge < -0.3 is 15.3 Å². The van der Waals surface area contributed by atoms with Crippen LogP contribution in [0.3, 0.4) is 0 Å². The molecule has 20 heavy (non-hydrogen) atoms. The molecule has 7 nitrogen and oxygen atoms in total. The fourth-order valence-electron chi connectivity index (χ4n) is 2.40. The summed E-state index contributed by atoms with van der Waals surface area (Å²) in [5.41, 5.74) is 0.585. The number of amides is 1. The molecule has 1 fully saturated rings. The van der Waals surface area contributed by atoms with Crippen LogP contribution in [0.25, 0.3) is 0 Å². The number of carbonyl (C=O) groups is 1. The number of anilines is 1. The lowest BCUT2D eigenvalue weighted by molar-refractivity contribution is -0.384. The molecule has 1 aliphatic heterocycles. The van der Waals surface area contributed by atoms with Crippen LogP contribution >= 0.6 is 0 Å². The predicted octanol–water partition coefficient (Wildman–Crippen LogP) is 0.916. The standard InChI is InChI=1S/C13H17N3O4/c1-14-13(18)9-4-5-11(12(7-9)16(19)20)15-6-2-3-10(17)8-15/h4-5,7,10,17H,2-3,6,8H2,1H3,(H,14,18)/t10-/m0/s1. The quantitative estimate of drug-likeness (QED) is 0.633. The SMILES string of the molecule is CNC(=O)c1ccc(N2CCC[C@H](O)C2)c([N+](=O)[O-])c1. The normalized spacial score (nSPS) is 18.7. The first-order chi connectivity index (χ1) is 9.52. The van der Waals surface area contributed by atoms with Gasteiger partial charge >= 0.3 is 0 Å². The first kappa shape index (κ1) is 14.3. The van der Waals surface area contributed by atoms with Crippen LogP contribution in [0.5, 0.6) is 0 Å². The number of piperidine rings is 1. The van der Waals surface area contributed by atoms with Gasteiger partial charge in [-0.25, -0.2) is 0 Å². The molecule has 1 atom stereocenters. The third kappa shape index (κ3) is 2.88. The maximum absolute atomic E-state index is 11.5. The van der Waals surface area contributed by atoms with Crippen molar-refractivity contribution in [1.82, 2.24) is 5.32 Å². The predicted molar refractivity (Wildman–Crippen MR) is 73.9 cm³/mol. The molecule has 1 aromatic carbocycles. The average molecular weight is 279 g/mol. The first-order valence-corrected chi connectivity index (χ1v) is 6.46. The average Bonchev–Trinajstić information content (AvgIpc) is 2.45. The molecule has 2 rings (SSSR count). The number of aliphatic hydroxyl groups excluding tert-OH is 1. The summed E-state index contributed by atoms with van der Waals surface area (Å²) in [6.45, 7) is 1.04. The number of nitrogens with zero attached hydrogens (tertiary/aromatic N) is 2. The zero-order valence-corrected chi connectivity index (χ0v) is 11.2. The van der Waals surface area contributed by atoms with Gasteiger partial charge in [0.25, 0.3) is 11.6 Å². The number of rotatable bonds is 3. The summed E-state index contributed by atoms with van der Waals surface area (Å²) >= 11 is 0. The summed E-state index contributed by atoms with van der Waals surface area (Å²) in [4.78, 5) is 24.0. The van der Waals surface area contributed by atoms with E-state index < -0.39 is 11.0 Å². The largest absolute Gasteiger partial charge is 0.391 e. The molecule has 0 radical (unpaired) electrons. The molecule has 2 N–H and O–H groups in total. The molecular formula is C13H17N3O4. The maximum atomic E-state index is 11.5. The highest BCUT2D eigenvalue weighted by molar-refractivity contribution is 5.95. The number of carbonyl (C=O) groups excluding carboxylic acids is 1. The van der Waals surface area contributed by atoms with E-state index in [4.69, 9.17) is 0 Å². The lowest BCUT2D eigenvalue weighted by atomic mass is 10.1. The molecule has 1 amide bonds. The van der Waals surface area contributed by atoms with Gasteiger partial charge in [-0.15, -0.1) is 0 Å². The van der Waals surface area contributed by atoms with Gasteiger partial charge in [-0.2, -0.15) is 0 Å². The van der Waals surface area contributed by atoms with Crippen molar-refractivity contribution in [2.24, 2.45) is 0 Å². The first-order valence-electron chi connectivity index (χ1n) is 6.46. The van der Waals surface area contributed by atoms with Crippen molar-refractivity contribution in [3.63, 3.8) is 0 Å². The van der Waals surface area contributed by atoms with Gasteiger partial charge in [-0.05, 0) is 25.0 Å². The Morgan fingerprint density at radius 2 is 2.30 bits per heavy atom. The molecule has 0 spiro atoms. The van der Waals surface area contributed by atoms with Crippen molar-refractivity contribution in [3.8, 4) is 0 Å². The van der Waals surface area contributed by atoms with Gasteiger partial charge in [0.2, 0.25) is 0 Å². The van der Waals surface area contributed by atoms with Crippen molar-refractivity contribution in [2.45, 2.75) is 18.9 Å². The Morgan fingerprint density at radius 3 is 2.90 bits per heavy atom. The van der Waals surface area contributed by atoms with Crippen LogP contribution in [0, 0.1) is 10.1 Å². The van der Waals surface area contributed by atoms with Crippen molar-refractivity contribution < 1.29 is 14.8 Å². The second kappa shape index (κ2) is 5.87. The molecule has 0 bridgehead atoms. The van der Waals surface area contributed by atoms with Gasteiger partial charge in [0, 0.05) is 31.8 Å². The number of nitro benzene ring substituents is 1. The third-order valence-corrected chi connectivity index (χ3v) is 3.40. The smallest absolute Gasteiger partial charge is 0.293 e. The van der Waals surface area contributed by atoms with Crippen molar-refractivity contribution in [2.75, 3.05) is 25.0 Å². The van der Waals surface area contributed by atoms with Crippen LogP contribution in [-0.4, -0.2) is 42.2 Å². The fourth-order valence-corrected chi connectivity index (χ4v) is 2.40. The number of hydrogen-bond acceptors (Lipinski definition) is 5. The highest BCUT2D eigenvalue weighted by atomic mass is 16.6. The van der Waals surface area contributed by atoms with E-state index in [0.717, 1.165) is 6.42 Å². The molecule has 0 saturated carbocycles. The van der Waals surface area contributed by atoms with E-state index in [1.54, 1.807) is 17.0 Å². The summed E-state index contributed by atoms with van der Waals surface area (Å²) in [5.74, 6) is -0.363. The van der Waals surface area contributed by atoms with E-state index in [1.807, 2.05) is 0 Å². The summed E-state index contributed by atoms with van der Waals surface area (Å²) in [5, 5.41) is 23.3. The van der Waals surface area contributed by atoms with Crippen LogP contribution in [-0.2, 0) is 0 Å². The van der Waals surface area contributed by atoms with Gasteiger partial charge in [-0.1, -0.05) is 0 Å². The fraction of sp³-hybridized carbons (Fsp3) is 0.462. The molecule has 0 aliphatic carbocycles. The molecule has 0 unspecified atom stereocenters. The minimum absolute atomic E-state index is 0.111. The van der Waals surface area contributed by atoms with Crippen LogP contribution in [0.2, 0.25) is 0 Å². The number of β-amino-alcohol motifs (C(OH)–C–C–N with tert-alkyl or cyclic N) is 1. The van der Waals surface area contributed by atoms with Crippen LogP contribution in [0.15, 0.2) is 18.2 Å². The summed E-state index contributed by atoms with van der Waals surface area (Å²) in [6, 6.07) is 4.40. The van der Waals surface area contributed by atoms with E-state index in [0.29, 0.717) is 25.2 Å². The van der Waals surface area contributed by atoms with Gasteiger partial charge in [-0.3, -0.25) is 14.9 Å². The van der Waals surface area contributed by atoms with Gasteiger partial charge in [0.15, 0.2) is 0 Å². The van der Waals surface area contributed by atoms with E-state index >= 15 is 0 Å². The Morgan fingerprint density at radius 1 is 1.55 bits per heavy atom. The topological polar surface area (TPSA) is 95.7 Å². The molecule has 108 valence electrons. The Balaban J connectivity index is 2.37. The lowest BCUT2D eigenvalue weighted by Crippen LogP contribution is -2.38. The van der Waals surface area contributed by atoms with E-state index in [1.165, 1.54) is 13.1 Å². The highest BCUT2D eigenvalue weighted by Gasteiger charge is 2.25. The molecule has 1 saturated heterocycles. The second-order valence-electron chi connectivity index (χ2n) is 4.78. The van der Waals surface area contributed by atoms with Gasteiger partial charge in [0.05, 0.1) is 11.0 Å². The van der Waals surface area contributed by atoms with Gasteiger partial charge in [0.1, 0.15) is 5.69 Å². The van der Waals surface area contributed by atoms with Crippen LogP contribution < -0.4 is 10.2 Å². The molecule has 1 aliphatic rings. The zero-order chi connectivity index (χ0) is 14.7. The molecule has 0 aromatic heterocycles. The summed E-state index contributed by atoms with van der Waals surface area (Å²) in [7, 11) is 1.48. The molecule has 1 heterocycles. The minimum atomic E-state index is -0.497. The van der Waals surface area contributed by atoms with Crippen molar-refractivity contribution in [3.05, 3.63) is 33.9 Å². The molecule has 1 aromatic rings. The second-order valence-corrected chi connectivity index (χ2v) is 4.78. The van der Waals surface area contributed by atoms with E-state index in [2.05, 4.69) is 5.32 Å². The van der Waals surface area contributed by atoms with Crippen molar-refractivity contribution in [1.29, 1.82) is 0 Å². The number of aliphatic hydroxyl groups is 1. The van der Waals surface area contributed by atoms with E-state index in [9.17, 15) is 20.0 Å². The number of nitro groups is 1. The Kier molecular flexibility index (Phi) is 4.19. The monoisotopic (exact) mass is 279 g/mol. The lowest BCUT2D eigenvalue weighted by Gasteiger charge is -2.31. The minimum Gasteiger partial charge on any atom is -0.391 e. The number of benzene rings is 1. The summed E-state index contributed by atoms with van der Waals surface area (Å²) in [6.07, 6.45) is 1.03. The number of hydrogen-bond donors (Lipinski definition) is 2. The Labute approximate surface area is 116 Å². The zero-order valence-electron chi connectivity index (χ0n) is 11.2. The Hall–Kier alpha value is -2.15.